The molecule has 3 nitrogen and oxygen atoms in total. The van der Waals surface area contributed by atoms with Crippen molar-refractivity contribution >= 4 is 29.9 Å². The molecule has 1 fully saturated rings. The Morgan fingerprint density at radius 2 is 2.00 bits per heavy atom. The van der Waals surface area contributed by atoms with Gasteiger partial charge in [0.15, 0.2) is 0 Å². The summed E-state index contributed by atoms with van der Waals surface area (Å²) >= 11 is -1.91. The molecule has 1 atom stereocenters. The number of para-hydroxylation sites is 1. The van der Waals surface area contributed by atoms with Crippen LogP contribution in [0.4, 0.5) is 0 Å². The van der Waals surface area contributed by atoms with Crippen molar-refractivity contribution in [1.29, 1.82) is 0 Å². The van der Waals surface area contributed by atoms with E-state index in [0.717, 1.165) is 31.5 Å². The predicted molar refractivity (Wildman–Crippen MR) is 79.2 cm³/mol. The van der Waals surface area contributed by atoms with Gasteiger partial charge in [0.1, 0.15) is 0 Å². The van der Waals surface area contributed by atoms with Crippen molar-refractivity contribution in [2.24, 2.45) is 0 Å². The summed E-state index contributed by atoms with van der Waals surface area (Å²) in [7, 11) is 11.8. The van der Waals surface area contributed by atoms with Crippen molar-refractivity contribution in [1.82, 2.24) is 4.90 Å². The first-order chi connectivity index (χ1) is 9.58. The van der Waals surface area contributed by atoms with Crippen LogP contribution in [-0.4, -0.2) is 34.6 Å². The normalized spacial score (nSPS) is 16.8. The average Bonchev–Trinajstić information content (AvgIpc) is 2.93. The van der Waals surface area contributed by atoms with Gasteiger partial charge >= 0.3 is 132 Å². The topological polar surface area (TPSA) is 29.5 Å². The molecule has 0 aromatic heterocycles. The van der Waals surface area contributed by atoms with Gasteiger partial charge in [-0.25, -0.2) is 0 Å². The zero-order valence-electron chi connectivity index (χ0n) is 11.2. The van der Waals surface area contributed by atoms with Crippen LogP contribution >= 0.6 is 19.4 Å². The molecule has 20 heavy (non-hydrogen) atoms. The van der Waals surface area contributed by atoms with Gasteiger partial charge < -0.3 is 0 Å². The maximum atomic E-state index is 12.2. The Bertz CT molecular complexity index is 512. The Morgan fingerprint density at radius 1 is 1.35 bits per heavy atom. The van der Waals surface area contributed by atoms with E-state index in [2.05, 4.69) is 0 Å². The zero-order valence-corrected chi connectivity index (χ0v) is 14.4. The number of benzene rings is 1. The number of hydrogen-bond donors (Lipinski definition) is 0. The number of nitrogens with zero attached hydrogens (tertiary/aromatic N) is 1. The quantitative estimate of drug-likeness (QED) is 0.723. The Labute approximate surface area is 132 Å². The van der Waals surface area contributed by atoms with Gasteiger partial charge in [0.2, 0.25) is 0 Å². The van der Waals surface area contributed by atoms with Crippen LogP contribution in [0.3, 0.4) is 0 Å². The van der Waals surface area contributed by atoms with Crippen molar-refractivity contribution < 1.29 is 23.0 Å². The molecule has 1 aliphatic rings. The minimum absolute atomic E-state index is 0.0447. The number of ether oxygens (including phenoxy) is 1. The fourth-order valence-electron chi connectivity index (χ4n) is 2.19. The summed E-state index contributed by atoms with van der Waals surface area (Å²) in [6, 6.07) is 7.51. The number of likely N-dealkylation sites (tertiary alicyclic amines) is 1. The third-order valence-electron chi connectivity index (χ3n) is 3.18. The fourth-order valence-corrected chi connectivity index (χ4v) is 4.00. The Balaban J connectivity index is 2.09. The van der Waals surface area contributed by atoms with Gasteiger partial charge in [0, 0.05) is 0 Å². The van der Waals surface area contributed by atoms with Crippen LogP contribution in [0.25, 0.3) is 0 Å². The second-order valence-corrected chi connectivity index (χ2v) is 10.4. The van der Waals surface area contributed by atoms with Gasteiger partial charge in [-0.05, 0) is 0 Å². The number of hydrogen-bond acceptors (Lipinski definition) is 2. The van der Waals surface area contributed by atoms with E-state index in [9.17, 15) is 4.79 Å². The van der Waals surface area contributed by atoms with E-state index in [1.807, 2.05) is 33.8 Å². The summed E-state index contributed by atoms with van der Waals surface area (Å²) in [6.07, 6.45) is 1.66. The van der Waals surface area contributed by atoms with Crippen LogP contribution < -0.4 is 4.74 Å². The molecule has 0 spiro atoms. The molecular formula is C14H17Cl2NO2Ru. The molecule has 0 aliphatic carbocycles. The molecule has 6 heteroatoms. The second kappa shape index (κ2) is 7.54. The molecule has 1 aromatic carbocycles. The standard InChI is InChI=1S/C14H17NO2.2ClH.Ru/c1-11-7-3-4-8-13(11)17-12(2)14(16)15-9-5-6-10-15;;;/h1,3-4,7-8,12H,5-6,9-10H2,2H3;2*1H;/q;;;+2/p-2. The van der Waals surface area contributed by atoms with Crippen molar-refractivity contribution in [2.45, 2.75) is 25.9 Å². The average molecular weight is 403 g/mol. The SMILES string of the molecule is CC(Oc1ccccc1[CH]=[Ru]([Cl])[Cl])C(=O)N1CCCC1. The van der Waals surface area contributed by atoms with Crippen LogP contribution in [-0.2, 0) is 18.3 Å². The Kier molecular flexibility index (Phi) is 6.01. The molecule has 2 rings (SSSR count). The van der Waals surface area contributed by atoms with Gasteiger partial charge in [-0.2, -0.15) is 0 Å². The van der Waals surface area contributed by atoms with E-state index in [1.165, 1.54) is 0 Å². The number of carbonyl (C=O) groups is 1. The summed E-state index contributed by atoms with van der Waals surface area (Å²) in [5.41, 5.74) is 0.859. The molecule has 1 aliphatic heterocycles. The summed E-state index contributed by atoms with van der Waals surface area (Å²) in [5, 5.41) is 0. The first-order valence-electron chi connectivity index (χ1n) is 6.45. The van der Waals surface area contributed by atoms with Gasteiger partial charge in [0.05, 0.1) is 0 Å². The Morgan fingerprint density at radius 3 is 2.65 bits per heavy atom. The predicted octanol–water partition coefficient (Wildman–Crippen LogP) is 3.15. The van der Waals surface area contributed by atoms with Crippen molar-refractivity contribution in [3.63, 3.8) is 0 Å². The fraction of sp³-hybridized carbons (Fsp3) is 0.429. The van der Waals surface area contributed by atoms with Crippen LogP contribution in [0, 0.1) is 0 Å². The Hall–Kier alpha value is -0.437. The van der Waals surface area contributed by atoms with Crippen molar-refractivity contribution in [2.75, 3.05) is 13.1 Å². The zero-order chi connectivity index (χ0) is 14.5. The van der Waals surface area contributed by atoms with E-state index in [-0.39, 0.29) is 5.91 Å². The maximum absolute atomic E-state index is 12.2. The van der Waals surface area contributed by atoms with E-state index < -0.39 is 19.6 Å². The minimum atomic E-state index is -1.91. The first-order valence-corrected chi connectivity index (χ1v) is 11.9. The molecule has 1 amide bonds. The molecule has 0 radical (unpaired) electrons. The number of amides is 1. The van der Waals surface area contributed by atoms with Crippen LogP contribution in [0.2, 0.25) is 0 Å². The molecular weight excluding hydrogens is 386 g/mol. The van der Waals surface area contributed by atoms with Crippen molar-refractivity contribution in [3.05, 3.63) is 29.8 Å². The second-order valence-electron chi connectivity index (χ2n) is 4.64. The summed E-state index contributed by atoms with van der Waals surface area (Å²) < 4.78 is 7.63. The molecule has 0 N–H and O–H groups in total. The van der Waals surface area contributed by atoms with Crippen LogP contribution in [0.15, 0.2) is 24.3 Å². The molecule has 1 saturated heterocycles. The van der Waals surface area contributed by atoms with E-state index in [4.69, 9.17) is 24.1 Å². The van der Waals surface area contributed by atoms with Crippen LogP contribution in [0.1, 0.15) is 25.3 Å². The molecule has 1 heterocycles. The number of carbonyl (C=O) groups excluding carboxylic acids is 1. The molecule has 112 valence electrons. The number of rotatable bonds is 4. The summed E-state index contributed by atoms with van der Waals surface area (Å²) in [6.45, 7) is 3.45. The third-order valence-corrected chi connectivity index (χ3v) is 5.01. The summed E-state index contributed by atoms with van der Waals surface area (Å²) in [4.78, 5) is 14.1. The van der Waals surface area contributed by atoms with Crippen molar-refractivity contribution in [3.8, 4) is 5.75 Å². The van der Waals surface area contributed by atoms with Gasteiger partial charge in [0.25, 0.3) is 0 Å². The monoisotopic (exact) mass is 403 g/mol. The van der Waals surface area contributed by atoms with Crippen LogP contribution in [0.5, 0.6) is 5.75 Å². The van der Waals surface area contributed by atoms with Gasteiger partial charge in [-0.1, -0.05) is 0 Å². The molecule has 1 unspecified atom stereocenters. The van der Waals surface area contributed by atoms with E-state index in [0.29, 0.717) is 5.75 Å². The van der Waals surface area contributed by atoms with Gasteiger partial charge in [-0.15, -0.1) is 0 Å². The first kappa shape index (κ1) is 15.9. The summed E-state index contributed by atoms with van der Waals surface area (Å²) in [5.74, 6) is 0.704. The van der Waals surface area contributed by atoms with E-state index >= 15 is 0 Å². The number of halogens is 2. The molecule has 0 saturated carbocycles. The molecule has 0 bridgehead atoms. The van der Waals surface area contributed by atoms with Gasteiger partial charge in [-0.3, -0.25) is 0 Å². The third kappa shape index (κ3) is 4.28. The molecule has 1 aromatic rings. The van der Waals surface area contributed by atoms with E-state index in [1.54, 1.807) is 6.92 Å².